The SMILES string of the molecule is Cn1nc(N2CCC(=O)NC2=O)c2cccc(C3CCN(C(=O)OC(C)(C)C)CC3)c21. The normalized spacial score (nSPS) is 18.5. The molecule has 1 N–H and O–H groups in total. The van der Waals surface area contributed by atoms with Gasteiger partial charge in [0.25, 0.3) is 0 Å². The van der Waals surface area contributed by atoms with Gasteiger partial charge in [0, 0.05) is 38.5 Å². The van der Waals surface area contributed by atoms with Gasteiger partial charge in [-0.15, -0.1) is 0 Å². The number of hydrogen-bond acceptors (Lipinski definition) is 5. The van der Waals surface area contributed by atoms with Gasteiger partial charge in [0.1, 0.15) is 5.60 Å². The van der Waals surface area contributed by atoms with Gasteiger partial charge in [-0.2, -0.15) is 5.10 Å². The Labute approximate surface area is 181 Å². The van der Waals surface area contributed by atoms with Crippen LogP contribution < -0.4 is 10.2 Å². The number of aryl methyl sites for hydroxylation is 1. The third-order valence-corrected chi connectivity index (χ3v) is 5.77. The summed E-state index contributed by atoms with van der Waals surface area (Å²) in [7, 11) is 1.87. The largest absolute Gasteiger partial charge is 0.444 e. The van der Waals surface area contributed by atoms with Crippen LogP contribution in [0.15, 0.2) is 18.2 Å². The molecule has 2 aromatic rings. The van der Waals surface area contributed by atoms with E-state index in [0.29, 0.717) is 25.5 Å². The summed E-state index contributed by atoms with van der Waals surface area (Å²) in [5, 5.41) is 7.86. The topological polar surface area (TPSA) is 96.8 Å². The highest BCUT2D eigenvalue weighted by Gasteiger charge is 2.31. The molecule has 0 spiro atoms. The van der Waals surface area contributed by atoms with Crippen LogP contribution in [-0.4, -0.2) is 57.9 Å². The fourth-order valence-electron chi connectivity index (χ4n) is 4.34. The molecule has 0 bridgehead atoms. The van der Waals surface area contributed by atoms with Crippen LogP contribution in [0.25, 0.3) is 10.9 Å². The number of fused-ring (bicyclic) bond motifs is 1. The van der Waals surface area contributed by atoms with E-state index in [0.717, 1.165) is 29.3 Å². The Morgan fingerprint density at radius 3 is 2.52 bits per heavy atom. The molecule has 31 heavy (non-hydrogen) atoms. The van der Waals surface area contributed by atoms with E-state index in [1.807, 2.05) is 44.6 Å². The van der Waals surface area contributed by atoms with Crippen molar-refractivity contribution in [2.75, 3.05) is 24.5 Å². The number of para-hydroxylation sites is 1. The number of imide groups is 1. The number of aromatic nitrogens is 2. The molecule has 4 rings (SSSR count). The minimum absolute atomic E-state index is 0.257. The lowest BCUT2D eigenvalue weighted by Crippen LogP contribution is -2.49. The number of piperidine rings is 1. The lowest BCUT2D eigenvalue weighted by atomic mass is 9.88. The van der Waals surface area contributed by atoms with E-state index in [1.165, 1.54) is 4.90 Å². The number of nitrogens with zero attached hydrogens (tertiary/aromatic N) is 4. The Balaban J connectivity index is 1.56. The molecule has 166 valence electrons. The fourth-order valence-corrected chi connectivity index (χ4v) is 4.34. The van der Waals surface area contributed by atoms with Gasteiger partial charge in [-0.3, -0.25) is 19.7 Å². The third-order valence-electron chi connectivity index (χ3n) is 5.77. The second-order valence-corrected chi connectivity index (χ2v) is 9.19. The zero-order valence-electron chi connectivity index (χ0n) is 18.5. The maximum absolute atomic E-state index is 12.4. The molecule has 0 radical (unpaired) electrons. The highest BCUT2D eigenvalue weighted by Crippen LogP contribution is 2.36. The number of carbonyl (C=O) groups excluding carboxylic acids is 3. The van der Waals surface area contributed by atoms with Crippen molar-refractivity contribution in [2.24, 2.45) is 7.05 Å². The number of carbonyl (C=O) groups is 3. The molecule has 1 aromatic carbocycles. The Morgan fingerprint density at radius 2 is 1.87 bits per heavy atom. The predicted molar refractivity (Wildman–Crippen MR) is 116 cm³/mol. The average molecular weight is 428 g/mol. The first-order valence-corrected chi connectivity index (χ1v) is 10.7. The molecule has 0 saturated carbocycles. The minimum Gasteiger partial charge on any atom is -0.444 e. The van der Waals surface area contributed by atoms with Crippen molar-refractivity contribution in [2.45, 2.75) is 51.6 Å². The van der Waals surface area contributed by atoms with Crippen molar-refractivity contribution in [3.63, 3.8) is 0 Å². The standard InChI is InChI=1S/C22H29N5O4/c1-22(2,3)31-21(30)26-11-8-14(9-12-26)15-6-5-7-16-18(15)25(4)24-19(16)27-13-10-17(28)23-20(27)29/h5-7,14H,8-13H2,1-4H3,(H,23,28,29). The van der Waals surface area contributed by atoms with Crippen LogP contribution in [0.3, 0.4) is 0 Å². The van der Waals surface area contributed by atoms with Gasteiger partial charge in [-0.1, -0.05) is 12.1 Å². The monoisotopic (exact) mass is 427 g/mol. The Kier molecular flexibility index (Phi) is 5.36. The molecule has 9 heteroatoms. The number of anilines is 1. The van der Waals surface area contributed by atoms with Gasteiger partial charge in [-0.25, -0.2) is 9.59 Å². The maximum Gasteiger partial charge on any atom is 0.410 e. The number of amides is 4. The fraction of sp³-hybridized carbons (Fsp3) is 0.545. The molecule has 2 saturated heterocycles. The van der Waals surface area contributed by atoms with Gasteiger partial charge in [0.2, 0.25) is 5.91 Å². The number of nitrogens with one attached hydrogen (secondary N) is 1. The molecule has 0 atom stereocenters. The first-order valence-electron chi connectivity index (χ1n) is 10.7. The van der Waals surface area contributed by atoms with E-state index in [9.17, 15) is 14.4 Å². The van der Waals surface area contributed by atoms with Crippen LogP contribution in [-0.2, 0) is 16.6 Å². The van der Waals surface area contributed by atoms with E-state index in [4.69, 9.17) is 4.74 Å². The van der Waals surface area contributed by atoms with Crippen molar-refractivity contribution in [3.05, 3.63) is 23.8 Å². The average Bonchev–Trinajstić information content (AvgIpc) is 3.03. The van der Waals surface area contributed by atoms with Crippen LogP contribution in [0.4, 0.5) is 15.4 Å². The highest BCUT2D eigenvalue weighted by atomic mass is 16.6. The second kappa shape index (κ2) is 7.86. The summed E-state index contributed by atoms with van der Waals surface area (Å²) in [4.78, 5) is 39.5. The van der Waals surface area contributed by atoms with Gasteiger partial charge < -0.3 is 9.64 Å². The summed E-state index contributed by atoms with van der Waals surface area (Å²) in [6.07, 6.45) is 1.65. The molecule has 2 aliphatic heterocycles. The molecule has 2 fully saturated rings. The van der Waals surface area contributed by atoms with Crippen LogP contribution in [0.2, 0.25) is 0 Å². The van der Waals surface area contributed by atoms with Crippen molar-refractivity contribution in [1.29, 1.82) is 0 Å². The lowest BCUT2D eigenvalue weighted by Gasteiger charge is -2.33. The van der Waals surface area contributed by atoms with Gasteiger partial charge in [0.05, 0.1) is 5.52 Å². The Hall–Kier alpha value is -3.10. The van der Waals surface area contributed by atoms with Crippen molar-refractivity contribution >= 4 is 34.8 Å². The van der Waals surface area contributed by atoms with E-state index in [-0.39, 0.29) is 24.3 Å². The zero-order chi connectivity index (χ0) is 22.3. The molecule has 1 aromatic heterocycles. The molecule has 0 unspecified atom stereocenters. The smallest absolute Gasteiger partial charge is 0.410 e. The summed E-state index contributed by atoms with van der Waals surface area (Å²) in [6, 6.07) is 5.60. The van der Waals surface area contributed by atoms with Crippen molar-refractivity contribution in [1.82, 2.24) is 20.0 Å². The van der Waals surface area contributed by atoms with Crippen LogP contribution in [0.5, 0.6) is 0 Å². The van der Waals surface area contributed by atoms with E-state index in [1.54, 1.807) is 4.90 Å². The van der Waals surface area contributed by atoms with Gasteiger partial charge in [-0.05, 0) is 51.2 Å². The molecule has 2 aliphatic rings. The number of likely N-dealkylation sites (tertiary alicyclic amines) is 1. The van der Waals surface area contributed by atoms with Gasteiger partial charge >= 0.3 is 12.1 Å². The molecular formula is C22H29N5O4. The summed E-state index contributed by atoms with van der Waals surface area (Å²) in [5.74, 6) is 0.580. The number of benzene rings is 1. The van der Waals surface area contributed by atoms with E-state index < -0.39 is 11.6 Å². The molecule has 4 amide bonds. The molecular weight excluding hydrogens is 398 g/mol. The molecule has 0 aliphatic carbocycles. The van der Waals surface area contributed by atoms with Crippen LogP contribution in [0, 0.1) is 0 Å². The Morgan fingerprint density at radius 1 is 1.16 bits per heavy atom. The quantitative estimate of drug-likeness (QED) is 0.794. The van der Waals surface area contributed by atoms with Crippen molar-refractivity contribution < 1.29 is 19.1 Å². The van der Waals surface area contributed by atoms with Crippen LogP contribution >= 0.6 is 0 Å². The maximum atomic E-state index is 12.4. The third kappa shape index (κ3) is 4.22. The summed E-state index contributed by atoms with van der Waals surface area (Å²) < 4.78 is 7.31. The second-order valence-electron chi connectivity index (χ2n) is 9.19. The van der Waals surface area contributed by atoms with Crippen molar-refractivity contribution in [3.8, 4) is 0 Å². The first kappa shape index (κ1) is 21.1. The number of urea groups is 1. The summed E-state index contributed by atoms with van der Waals surface area (Å²) >= 11 is 0. The number of hydrogen-bond donors (Lipinski definition) is 1. The summed E-state index contributed by atoms with van der Waals surface area (Å²) in [5.41, 5.74) is 1.64. The first-order chi connectivity index (χ1) is 14.6. The van der Waals surface area contributed by atoms with E-state index in [2.05, 4.69) is 16.5 Å². The number of ether oxygens (including phenoxy) is 1. The predicted octanol–water partition coefficient (Wildman–Crippen LogP) is 3.13. The molecule has 3 heterocycles. The van der Waals surface area contributed by atoms with Crippen LogP contribution in [0.1, 0.15) is 51.5 Å². The van der Waals surface area contributed by atoms with E-state index >= 15 is 0 Å². The summed E-state index contributed by atoms with van der Waals surface area (Å²) in [6.45, 7) is 7.20. The Bertz CT molecular complexity index is 1030. The molecule has 9 nitrogen and oxygen atoms in total. The van der Waals surface area contributed by atoms with Gasteiger partial charge in [0.15, 0.2) is 5.82 Å². The lowest BCUT2D eigenvalue weighted by molar-refractivity contribution is -0.120. The number of rotatable bonds is 2. The minimum atomic E-state index is -0.504. The zero-order valence-corrected chi connectivity index (χ0v) is 18.5. The highest BCUT2D eigenvalue weighted by molar-refractivity contribution is 6.09.